The van der Waals surface area contributed by atoms with Crippen molar-refractivity contribution in [3.8, 4) is 0 Å². The Morgan fingerprint density at radius 1 is 1.30 bits per heavy atom. The van der Waals surface area contributed by atoms with Gasteiger partial charge in [0.25, 0.3) is 0 Å². The van der Waals surface area contributed by atoms with E-state index in [1.54, 1.807) is 19.9 Å². The van der Waals surface area contributed by atoms with E-state index in [2.05, 4.69) is 0 Å². The van der Waals surface area contributed by atoms with E-state index in [9.17, 15) is 24.9 Å². The van der Waals surface area contributed by atoms with Gasteiger partial charge in [0.15, 0.2) is 17.2 Å². The third kappa shape index (κ3) is 2.04. The van der Waals surface area contributed by atoms with Crippen LogP contribution < -0.4 is 0 Å². The Labute approximate surface area is 158 Å². The lowest BCUT2D eigenvalue weighted by atomic mass is 9.44. The summed E-state index contributed by atoms with van der Waals surface area (Å²) in [6.07, 6.45) is 4.65. The lowest BCUT2D eigenvalue weighted by Gasteiger charge is -2.62. The summed E-state index contributed by atoms with van der Waals surface area (Å²) < 4.78 is 16.7. The first-order chi connectivity index (χ1) is 12.5. The van der Waals surface area contributed by atoms with Gasteiger partial charge in [0.2, 0.25) is 0 Å². The van der Waals surface area contributed by atoms with Crippen molar-refractivity contribution < 1.29 is 29.3 Å². The number of carbonyl (C=O) groups is 2. The Morgan fingerprint density at radius 3 is 2.67 bits per heavy atom. The molecule has 5 nitrogen and oxygen atoms in total. The van der Waals surface area contributed by atoms with Crippen LogP contribution in [-0.4, -0.2) is 50.9 Å². The number of fused-ring (bicyclic) bond motifs is 5. The average molecular weight is 378 g/mol. The number of rotatable bonds is 2. The first kappa shape index (κ1) is 19.0. The number of halogens is 1. The summed E-state index contributed by atoms with van der Waals surface area (Å²) >= 11 is 0. The van der Waals surface area contributed by atoms with Crippen molar-refractivity contribution in [2.75, 3.05) is 6.61 Å². The molecule has 0 radical (unpaired) electrons. The zero-order valence-electron chi connectivity index (χ0n) is 15.7. The van der Waals surface area contributed by atoms with Crippen LogP contribution in [-0.2, 0) is 9.59 Å². The topological polar surface area (TPSA) is 94.8 Å². The van der Waals surface area contributed by atoms with Gasteiger partial charge in [0.05, 0.1) is 6.10 Å². The van der Waals surface area contributed by atoms with E-state index in [1.165, 1.54) is 12.2 Å². The van der Waals surface area contributed by atoms with Crippen LogP contribution in [0.15, 0.2) is 23.8 Å². The summed E-state index contributed by atoms with van der Waals surface area (Å²) in [4.78, 5) is 24.1. The maximum atomic E-state index is 16.7. The van der Waals surface area contributed by atoms with E-state index in [0.717, 1.165) is 0 Å². The predicted molar refractivity (Wildman–Crippen MR) is 95.4 cm³/mol. The lowest BCUT2D eigenvalue weighted by molar-refractivity contribution is -0.217. The Kier molecular flexibility index (Phi) is 3.92. The second-order valence-electron chi connectivity index (χ2n) is 9.24. The number of Topliss-reactive ketones (excluding diaryl/α,β-unsaturated/α-hetero) is 1. The lowest BCUT2D eigenvalue weighted by Crippen LogP contribution is -2.69. The Bertz CT molecular complexity index is 775. The van der Waals surface area contributed by atoms with Crippen LogP contribution in [0.25, 0.3) is 0 Å². The summed E-state index contributed by atoms with van der Waals surface area (Å²) in [5.41, 5.74) is -5.07. The number of aliphatic hydroxyl groups excluding tert-OH is 2. The molecule has 3 N–H and O–H groups in total. The van der Waals surface area contributed by atoms with E-state index in [1.807, 2.05) is 0 Å². The molecule has 0 aromatic heterocycles. The van der Waals surface area contributed by atoms with Crippen LogP contribution in [0.4, 0.5) is 4.39 Å². The fourth-order valence-electron chi connectivity index (χ4n) is 6.80. The molecule has 0 bridgehead atoms. The van der Waals surface area contributed by atoms with Gasteiger partial charge in [0, 0.05) is 16.7 Å². The number of hydrogen-bond donors (Lipinski definition) is 3. The molecule has 6 heteroatoms. The summed E-state index contributed by atoms with van der Waals surface area (Å²) in [6.45, 7) is 2.71. The second-order valence-corrected chi connectivity index (χ2v) is 9.24. The first-order valence-electron chi connectivity index (χ1n) is 9.72. The number of allylic oxidation sites excluding steroid dienone is 4. The molecule has 3 saturated carbocycles. The maximum Gasteiger partial charge on any atom is 0.190 e. The first-order valence-corrected chi connectivity index (χ1v) is 9.72. The zero-order chi connectivity index (χ0) is 19.8. The van der Waals surface area contributed by atoms with Crippen molar-refractivity contribution in [1.82, 2.24) is 0 Å². The van der Waals surface area contributed by atoms with Crippen LogP contribution in [0.2, 0.25) is 0 Å². The quantitative estimate of drug-likeness (QED) is 0.679. The molecule has 4 aliphatic carbocycles. The van der Waals surface area contributed by atoms with Gasteiger partial charge < -0.3 is 15.3 Å². The Morgan fingerprint density at radius 2 is 2.00 bits per heavy atom. The summed E-state index contributed by atoms with van der Waals surface area (Å²) in [5.74, 6) is -1.64. The summed E-state index contributed by atoms with van der Waals surface area (Å²) in [5, 5.41) is 31.5. The molecular formula is C21H27FO5. The van der Waals surface area contributed by atoms with Gasteiger partial charge in [-0.05, 0) is 57.1 Å². The third-order valence-corrected chi connectivity index (χ3v) is 8.40. The second kappa shape index (κ2) is 5.58. The Balaban J connectivity index is 1.81. The molecular weight excluding hydrogens is 351 g/mol. The molecule has 7 atom stereocenters. The minimum Gasteiger partial charge on any atom is -0.390 e. The molecule has 0 aliphatic heterocycles. The third-order valence-electron chi connectivity index (χ3n) is 8.40. The van der Waals surface area contributed by atoms with Crippen LogP contribution in [0, 0.1) is 22.7 Å². The standard InChI is InChI=1S/C21H27FO5/c1-18-7-5-13(24)9-12(18)3-4-15-14-6-8-20(27,17(26)11-23)19(14,2)10-16(25)21(15,18)22/h5,7,9,14-16,23,25,27H,3-4,6,8,10-11H2,1-2H3/t14?,15?,16-,18-,19-,20-,21-/m0/s1. The maximum absolute atomic E-state index is 16.7. The summed E-state index contributed by atoms with van der Waals surface area (Å²) in [6, 6.07) is 0. The molecule has 148 valence electrons. The van der Waals surface area contributed by atoms with Crippen LogP contribution in [0.5, 0.6) is 0 Å². The molecule has 4 rings (SSSR count). The minimum atomic E-state index is -1.97. The van der Waals surface area contributed by atoms with Gasteiger partial charge in [0.1, 0.15) is 12.2 Å². The molecule has 27 heavy (non-hydrogen) atoms. The molecule has 0 amide bonds. The molecule has 4 aliphatic rings. The highest BCUT2D eigenvalue weighted by Gasteiger charge is 2.73. The van der Waals surface area contributed by atoms with Crippen LogP contribution in [0.3, 0.4) is 0 Å². The molecule has 0 aromatic carbocycles. The van der Waals surface area contributed by atoms with Crippen molar-refractivity contribution in [3.05, 3.63) is 23.8 Å². The summed E-state index contributed by atoms with van der Waals surface area (Å²) in [7, 11) is 0. The SMILES string of the molecule is C[C@]12C=CC(=O)C=C1CCC1C3CC[C@](O)(C(=O)CO)[C@@]3(C)C[C@H](O)[C@@]12F. The van der Waals surface area contributed by atoms with E-state index < -0.39 is 46.5 Å². The van der Waals surface area contributed by atoms with E-state index in [0.29, 0.717) is 24.8 Å². The van der Waals surface area contributed by atoms with E-state index >= 15 is 4.39 Å². The number of carbonyl (C=O) groups excluding carboxylic acids is 2. The zero-order valence-corrected chi connectivity index (χ0v) is 15.7. The van der Waals surface area contributed by atoms with Crippen molar-refractivity contribution in [2.24, 2.45) is 22.7 Å². The highest BCUT2D eigenvalue weighted by atomic mass is 19.1. The fraction of sp³-hybridized carbons (Fsp3) is 0.714. The van der Waals surface area contributed by atoms with E-state index in [-0.39, 0.29) is 24.5 Å². The van der Waals surface area contributed by atoms with Crippen molar-refractivity contribution in [1.29, 1.82) is 0 Å². The molecule has 3 fully saturated rings. The van der Waals surface area contributed by atoms with Gasteiger partial charge in [-0.2, -0.15) is 0 Å². The normalized spacial score (nSPS) is 51.3. The number of aliphatic hydroxyl groups is 3. The number of hydrogen-bond acceptors (Lipinski definition) is 5. The predicted octanol–water partition coefficient (Wildman–Crippen LogP) is 1.65. The van der Waals surface area contributed by atoms with Gasteiger partial charge in [-0.15, -0.1) is 0 Å². The highest BCUT2D eigenvalue weighted by Crippen LogP contribution is 2.69. The molecule has 0 spiro atoms. The van der Waals surface area contributed by atoms with Crippen LogP contribution in [0.1, 0.15) is 46.0 Å². The molecule has 0 saturated heterocycles. The van der Waals surface area contributed by atoms with Crippen molar-refractivity contribution in [2.45, 2.75) is 63.3 Å². The minimum absolute atomic E-state index is 0.0580. The van der Waals surface area contributed by atoms with Crippen molar-refractivity contribution in [3.63, 3.8) is 0 Å². The van der Waals surface area contributed by atoms with E-state index in [4.69, 9.17) is 0 Å². The van der Waals surface area contributed by atoms with Gasteiger partial charge >= 0.3 is 0 Å². The molecule has 0 heterocycles. The Hall–Kier alpha value is -1.37. The molecule has 0 aromatic rings. The average Bonchev–Trinajstić information content (AvgIpc) is 2.88. The van der Waals surface area contributed by atoms with Gasteiger partial charge in [-0.25, -0.2) is 4.39 Å². The number of ketones is 2. The smallest absolute Gasteiger partial charge is 0.190 e. The highest BCUT2D eigenvalue weighted by molar-refractivity contribution is 6.01. The largest absolute Gasteiger partial charge is 0.390 e. The van der Waals surface area contributed by atoms with Gasteiger partial charge in [-0.1, -0.05) is 18.6 Å². The molecule has 2 unspecified atom stereocenters. The fourth-order valence-corrected chi connectivity index (χ4v) is 6.80. The number of alkyl halides is 1. The van der Waals surface area contributed by atoms with Crippen LogP contribution >= 0.6 is 0 Å². The van der Waals surface area contributed by atoms with Gasteiger partial charge in [-0.3, -0.25) is 9.59 Å². The monoisotopic (exact) mass is 378 g/mol. The van der Waals surface area contributed by atoms with Crippen molar-refractivity contribution >= 4 is 11.6 Å².